The van der Waals surface area contributed by atoms with E-state index in [1.807, 2.05) is 24.3 Å². The molecule has 0 atom stereocenters. The molecule has 0 aliphatic rings. The molecular weight excluding hydrogens is 190 g/mol. The SMILES string of the molecule is O=C/C=C/c1ccc(-n2ccnn2)cc1. The molecule has 0 bridgehead atoms. The van der Waals surface area contributed by atoms with E-state index in [4.69, 9.17) is 0 Å². The van der Waals surface area contributed by atoms with Gasteiger partial charge in [0.05, 0.1) is 18.1 Å². The first-order chi connectivity index (χ1) is 7.40. The van der Waals surface area contributed by atoms with E-state index in [1.54, 1.807) is 23.2 Å². The highest BCUT2D eigenvalue weighted by Crippen LogP contribution is 2.08. The van der Waals surface area contributed by atoms with Crippen LogP contribution in [0.1, 0.15) is 5.56 Å². The zero-order chi connectivity index (χ0) is 10.5. The molecule has 1 aromatic heterocycles. The molecule has 0 unspecified atom stereocenters. The molecule has 15 heavy (non-hydrogen) atoms. The fourth-order valence-corrected chi connectivity index (χ4v) is 1.23. The summed E-state index contributed by atoms with van der Waals surface area (Å²) in [5.74, 6) is 0. The molecule has 0 saturated carbocycles. The van der Waals surface area contributed by atoms with Crippen molar-refractivity contribution in [1.29, 1.82) is 0 Å². The number of hydrogen-bond donors (Lipinski definition) is 0. The highest BCUT2D eigenvalue weighted by Gasteiger charge is 1.95. The minimum absolute atomic E-state index is 0.755. The first-order valence-electron chi connectivity index (χ1n) is 4.49. The van der Waals surface area contributed by atoms with Crippen LogP contribution in [0, 0.1) is 0 Å². The van der Waals surface area contributed by atoms with E-state index in [1.165, 1.54) is 6.08 Å². The number of aldehydes is 1. The molecule has 1 heterocycles. The lowest BCUT2D eigenvalue weighted by Gasteiger charge is -1.99. The molecule has 0 N–H and O–H groups in total. The topological polar surface area (TPSA) is 47.8 Å². The van der Waals surface area contributed by atoms with Gasteiger partial charge in [0.1, 0.15) is 6.29 Å². The second-order valence-corrected chi connectivity index (χ2v) is 2.93. The second-order valence-electron chi connectivity index (χ2n) is 2.93. The van der Waals surface area contributed by atoms with Gasteiger partial charge in [-0.2, -0.15) is 0 Å². The summed E-state index contributed by atoms with van der Waals surface area (Å²) in [6.45, 7) is 0. The summed E-state index contributed by atoms with van der Waals surface area (Å²) < 4.78 is 1.67. The number of aromatic nitrogens is 3. The van der Waals surface area contributed by atoms with Gasteiger partial charge in [-0.1, -0.05) is 23.4 Å². The van der Waals surface area contributed by atoms with Crippen molar-refractivity contribution in [1.82, 2.24) is 15.0 Å². The van der Waals surface area contributed by atoms with Crippen LogP contribution in [0.3, 0.4) is 0 Å². The van der Waals surface area contributed by atoms with Crippen molar-refractivity contribution in [2.75, 3.05) is 0 Å². The minimum Gasteiger partial charge on any atom is -0.299 e. The number of nitrogens with zero attached hydrogens (tertiary/aromatic N) is 3. The van der Waals surface area contributed by atoms with Gasteiger partial charge in [-0.15, -0.1) is 5.10 Å². The maximum atomic E-state index is 10.1. The zero-order valence-corrected chi connectivity index (χ0v) is 7.95. The zero-order valence-electron chi connectivity index (χ0n) is 7.95. The van der Waals surface area contributed by atoms with Gasteiger partial charge in [0.2, 0.25) is 0 Å². The highest BCUT2D eigenvalue weighted by atomic mass is 16.1. The predicted molar refractivity (Wildman–Crippen MR) is 56.5 cm³/mol. The molecule has 1 aromatic carbocycles. The fraction of sp³-hybridized carbons (Fsp3) is 0. The maximum absolute atomic E-state index is 10.1. The third-order valence-electron chi connectivity index (χ3n) is 1.95. The predicted octanol–water partition coefficient (Wildman–Crippen LogP) is 1.48. The van der Waals surface area contributed by atoms with Gasteiger partial charge in [0.25, 0.3) is 0 Å². The molecule has 0 amide bonds. The van der Waals surface area contributed by atoms with Gasteiger partial charge >= 0.3 is 0 Å². The number of carbonyl (C=O) groups is 1. The van der Waals surface area contributed by atoms with Crippen LogP contribution in [0.5, 0.6) is 0 Å². The van der Waals surface area contributed by atoms with E-state index in [9.17, 15) is 4.79 Å². The Bertz CT molecular complexity index is 457. The van der Waals surface area contributed by atoms with Crippen LogP contribution in [0.2, 0.25) is 0 Å². The fourth-order valence-electron chi connectivity index (χ4n) is 1.23. The Kier molecular flexibility index (Phi) is 2.69. The van der Waals surface area contributed by atoms with Crippen molar-refractivity contribution in [3.8, 4) is 5.69 Å². The Labute approximate surface area is 86.9 Å². The Hall–Kier alpha value is -2.23. The van der Waals surface area contributed by atoms with Gasteiger partial charge in [0, 0.05) is 0 Å². The summed E-state index contributed by atoms with van der Waals surface area (Å²) in [4.78, 5) is 10.1. The Morgan fingerprint density at radius 2 is 2.00 bits per heavy atom. The Morgan fingerprint density at radius 1 is 1.20 bits per heavy atom. The Morgan fingerprint density at radius 3 is 2.60 bits per heavy atom. The molecule has 0 spiro atoms. The lowest BCUT2D eigenvalue weighted by Crippen LogP contribution is -1.94. The molecule has 4 heteroatoms. The molecule has 2 rings (SSSR count). The second kappa shape index (κ2) is 4.32. The minimum atomic E-state index is 0.755. The number of hydrogen-bond acceptors (Lipinski definition) is 3. The van der Waals surface area contributed by atoms with Crippen molar-refractivity contribution in [3.05, 3.63) is 48.3 Å². The molecule has 0 fully saturated rings. The average molecular weight is 199 g/mol. The van der Waals surface area contributed by atoms with Gasteiger partial charge in [-0.05, 0) is 23.8 Å². The number of carbonyl (C=O) groups excluding carboxylic acids is 1. The highest BCUT2D eigenvalue weighted by molar-refractivity contribution is 5.73. The van der Waals surface area contributed by atoms with Crippen molar-refractivity contribution in [3.63, 3.8) is 0 Å². The van der Waals surface area contributed by atoms with Gasteiger partial charge in [-0.3, -0.25) is 4.79 Å². The van der Waals surface area contributed by atoms with Crippen molar-refractivity contribution < 1.29 is 4.79 Å². The smallest absolute Gasteiger partial charge is 0.142 e. The summed E-state index contributed by atoms with van der Waals surface area (Å²) in [5, 5.41) is 7.59. The van der Waals surface area contributed by atoms with Crippen LogP contribution < -0.4 is 0 Å². The normalized spacial score (nSPS) is 10.7. The molecular formula is C11H9N3O. The number of benzene rings is 1. The van der Waals surface area contributed by atoms with Crippen LogP contribution in [0.25, 0.3) is 11.8 Å². The van der Waals surface area contributed by atoms with Crippen LogP contribution in [-0.2, 0) is 4.79 Å². The molecule has 74 valence electrons. The first kappa shape index (κ1) is 9.33. The summed E-state index contributed by atoms with van der Waals surface area (Å²) >= 11 is 0. The summed E-state index contributed by atoms with van der Waals surface area (Å²) in [7, 11) is 0. The summed E-state index contributed by atoms with van der Waals surface area (Å²) in [6, 6.07) is 7.66. The van der Waals surface area contributed by atoms with Crippen LogP contribution >= 0.6 is 0 Å². The maximum Gasteiger partial charge on any atom is 0.142 e. The largest absolute Gasteiger partial charge is 0.299 e. The molecule has 0 aliphatic heterocycles. The lowest BCUT2D eigenvalue weighted by molar-refractivity contribution is -0.104. The molecule has 4 nitrogen and oxygen atoms in total. The van der Waals surface area contributed by atoms with Crippen LogP contribution in [-0.4, -0.2) is 21.3 Å². The van der Waals surface area contributed by atoms with Crippen LogP contribution in [0.15, 0.2) is 42.7 Å². The van der Waals surface area contributed by atoms with E-state index >= 15 is 0 Å². The lowest BCUT2D eigenvalue weighted by atomic mass is 10.2. The average Bonchev–Trinajstić information content (AvgIpc) is 2.80. The molecule has 0 radical (unpaired) electrons. The van der Waals surface area contributed by atoms with E-state index in [0.717, 1.165) is 17.5 Å². The van der Waals surface area contributed by atoms with Crippen molar-refractivity contribution >= 4 is 12.4 Å². The van der Waals surface area contributed by atoms with E-state index in [2.05, 4.69) is 10.3 Å². The summed E-state index contributed by atoms with van der Waals surface area (Å²) in [5.41, 5.74) is 1.92. The number of rotatable bonds is 3. The third kappa shape index (κ3) is 2.17. The molecule has 2 aromatic rings. The van der Waals surface area contributed by atoms with Crippen LogP contribution in [0.4, 0.5) is 0 Å². The molecule has 0 aliphatic carbocycles. The standard InChI is InChI=1S/C11H9N3O/c15-9-1-2-10-3-5-11(6-4-10)14-8-7-12-13-14/h1-9H/b2-1+. The van der Waals surface area contributed by atoms with Crippen molar-refractivity contribution in [2.24, 2.45) is 0 Å². The number of allylic oxidation sites excluding steroid dienone is 1. The van der Waals surface area contributed by atoms with E-state index < -0.39 is 0 Å². The van der Waals surface area contributed by atoms with Crippen molar-refractivity contribution in [2.45, 2.75) is 0 Å². The molecule has 0 saturated heterocycles. The van der Waals surface area contributed by atoms with E-state index in [0.29, 0.717) is 0 Å². The summed E-state index contributed by atoms with van der Waals surface area (Å²) in [6.07, 6.45) is 7.37. The van der Waals surface area contributed by atoms with Gasteiger partial charge in [-0.25, -0.2) is 4.68 Å². The first-order valence-corrected chi connectivity index (χ1v) is 4.49. The Balaban J connectivity index is 2.24. The van der Waals surface area contributed by atoms with Gasteiger partial charge in [0.15, 0.2) is 0 Å². The third-order valence-corrected chi connectivity index (χ3v) is 1.95. The monoisotopic (exact) mass is 199 g/mol. The van der Waals surface area contributed by atoms with Gasteiger partial charge < -0.3 is 0 Å². The quantitative estimate of drug-likeness (QED) is 0.555. The van der Waals surface area contributed by atoms with E-state index in [-0.39, 0.29) is 0 Å².